The van der Waals surface area contributed by atoms with E-state index in [-0.39, 0.29) is 36.2 Å². The molecular formula is C44H52O8. The van der Waals surface area contributed by atoms with Crippen LogP contribution in [0.15, 0.2) is 48.5 Å². The molecule has 3 saturated carbocycles. The maximum Gasteiger partial charge on any atom is 0.200 e. The van der Waals surface area contributed by atoms with Crippen LogP contribution in [-0.4, -0.2) is 40.9 Å². The molecule has 0 unspecified atom stereocenters. The van der Waals surface area contributed by atoms with Gasteiger partial charge in [-0.05, 0) is 95.9 Å². The Kier molecular flexibility index (Phi) is 10.1. The second-order valence-corrected chi connectivity index (χ2v) is 15.7. The SMILES string of the molecule is Oc1ccc(Cc2cc(C3(c4cc(Cc5ccc(O)c(O)c5O)c(O)c(C5CCCCC5)c4)CCCCC3)cc(C3CCCCC3)c2O)c(O)c1O. The van der Waals surface area contributed by atoms with Crippen LogP contribution in [0.1, 0.15) is 153 Å². The van der Waals surface area contributed by atoms with Crippen LogP contribution in [0, 0.1) is 0 Å². The summed E-state index contributed by atoms with van der Waals surface area (Å²) in [7, 11) is 0. The lowest BCUT2D eigenvalue weighted by molar-refractivity contribution is 0.341. The van der Waals surface area contributed by atoms with E-state index in [0.717, 1.165) is 106 Å². The van der Waals surface area contributed by atoms with E-state index < -0.39 is 39.9 Å². The first-order chi connectivity index (χ1) is 25.1. The van der Waals surface area contributed by atoms with E-state index in [0.29, 0.717) is 22.3 Å². The molecular weight excluding hydrogens is 656 g/mol. The number of rotatable bonds is 8. The molecule has 8 heteroatoms. The first-order valence-electron chi connectivity index (χ1n) is 19.3. The highest BCUT2D eigenvalue weighted by Crippen LogP contribution is 2.52. The Labute approximate surface area is 305 Å². The van der Waals surface area contributed by atoms with Crippen molar-refractivity contribution in [1.29, 1.82) is 0 Å². The summed E-state index contributed by atoms with van der Waals surface area (Å²) in [6, 6.07) is 14.4. The minimum absolute atomic E-state index is 0.160. The van der Waals surface area contributed by atoms with Gasteiger partial charge in [-0.3, -0.25) is 0 Å². The largest absolute Gasteiger partial charge is 0.507 e. The first kappa shape index (κ1) is 35.7. The average Bonchev–Trinajstić information content (AvgIpc) is 3.17. The van der Waals surface area contributed by atoms with Gasteiger partial charge in [0.25, 0.3) is 0 Å². The molecule has 0 heterocycles. The Bertz CT molecular complexity index is 1800. The fraction of sp³-hybridized carbons (Fsp3) is 0.455. The Morgan fingerprint density at radius 3 is 1.19 bits per heavy atom. The number of phenolic OH excluding ortho intramolecular Hbond substituents is 8. The molecule has 0 atom stereocenters. The molecule has 0 aromatic heterocycles. The van der Waals surface area contributed by atoms with Crippen molar-refractivity contribution in [2.24, 2.45) is 0 Å². The van der Waals surface area contributed by atoms with Crippen molar-refractivity contribution < 1.29 is 40.9 Å². The molecule has 8 nitrogen and oxygen atoms in total. The smallest absolute Gasteiger partial charge is 0.200 e. The zero-order chi connectivity index (χ0) is 36.6. The lowest BCUT2D eigenvalue weighted by Gasteiger charge is -2.41. The monoisotopic (exact) mass is 708 g/mol. The normalized spacial score (nSPS) is 18.4. The maximum atomic E-state index is 11.9. The zero-order valence-electron chi connectivity index (χ0n) is 29.9. The van der Waals surface area contributed by atoms with Crippen molar-refractivity contribution in [2.75, 3.05) is 0 Å². The standard InChI is InChI=1S/C44H52O8/c45-36-16-14-28(40(49)42(36)51)20-30-22-32(24-34(38(30)47)26-10-4-1-5-11-26)44(18-8-3-9-19-44)33-23-31(21-29-15-17-37(46)43(52)41(29)50)39(48)35(25-33)27-12-6-2-7-13-27/h14-17,22-27,45-52H,1-13,18-21H2. The van der Waals surface area contributed by atoms with Crippen molar-refractivity contribution >= 4 is 0 Å². The van der Waals surface area contributed by atoms with Gasteiger partial charge in [0, 0.05) is 29.4 Å². The van der Waals surface area contributed by atoms with E-state index in [1.165, 1.54) is 25.0 Å². The molecule has 4 aromatic carbocycles. The summed E-state index contributed by atoms with van der Waals surface area (Å²) in [6.07, 6.45) is 15.8. The van der Waals surface area contributed by atoms with E-state index in [1.807, 2.05) is 0 Å². The Morgan fingerprint density at radius 2 is 0.788 bits per heavy atom. The van der Waals surface area contributed by atoms with Crippen LogP contribution >= 0.6 is 0 Å². The van der Waals surface area contributed by atoms with Crippen molar-refractivity contribution in [1.82, 2.24) is 0 Å². The second kappa shape index (κ2) is 14.7. The van der Waals surface area contributed by atoms with Crippen LogP contribution in [0.25, 0.3) is 0 Å². The van der Waals surface area contributed by atoms with E-state index in [9.17, 15) is 40.9 Å². The fourth-order valence-electron chi connectivity index (χ4n) is 9.53. The van der Waals surface area contributed by atoms with Crippen molar-refractivity contribution in [3.05, 3.63) is 93.0 Å². The highest BCUT2D eigenvalue weighted by molar-refractivity contribution is 5.60. The molecule has 8 N–H and O–H groups in total. The Morgan fingerprint density at radius 1 is 0.404 bits per heavy atom. The van der Waals surface area contributed by atoms with Crippen LogP contribution in [0.2, 0.25) is 0 Å². The summed E-state index contributed by atoms with van der Waals surface area (Å²) in [5, 5.41) is 86.2. The molecule has 3 aliphatic rings. The lowest BCUT2D eigenvalue weighted by atomic mass is 9.63. The summed E-state index contributed by atoms with van der Waals surface area (Å²) >= 11 is 0. The van der Waals surface area contributed by atoms with Crippen molar-refractivity contribution in [3.8, 4) is 46.0 Å². The van der Waals surface area contributed by atoms with Crippen molar-refractivity contribution in [3.63, 3.8) is 0 Å². The molecule has 7 rings (SSSR count). The van der Waals surface area contributed by atoms with Gasteiger partial charge in [-0.2, -0.15) is 0 Å². The summed E-state index contributed by atoms with van der Waals surface area (Å²) in [6.45, 7) is 0. The van der Waals surface area contributed by atoms with Crippen LogP contribution in [-0.2, 0) is 18.3 Å². The quantitative estimate of drug-likeness (QED) is 0.0839. The molecule has 0 spiro atoms. The summed E-state index contributed by atoms with van der Waals surface area (Å²) in [5.41, 5.74) is 5.65. The molecule has 4 aromatic rings. The van der Waals surface area contributed by atoms with E-state index in [4.69, 9.17) is 0 Å². The second-order valence-electron chi connectivity index (χ2n) is 15.7. The summed E-state index contributed by atoms with van der Waals surface area (Å²) in [4.78, 5) is 0. The van der Waals surface area contributed by atoms with Gasteiger partial charge in [0.2, 0.25) is 11.5 Å². The predicted octanol–water partition coefficient (Wildman–Crippen LogP) is 9.86. The highest BCUT2D eigenvalue weighted by Gasteiger charge is 2.39. The van der Waals surface area contributed by atoms with Gasteiger partial charge in [-0.25, -0.2) is 0 Å². The van der Waals surface area contributed by atoms with Gasteiger partial charge in [0.1, 0.15) is 11.5 Å². The van der Waals surface area contributed by atoms with E-state index in [1.54, 1.807) is 12.1 Å². The van der Waals surface area contributed by atoms with Gasteiger partial charge in [0.15, 0.2) is 23.0 Å². The van der Waals surface area contributed by atoms with Gasteiger partial charge in [-0.15, -0.1) is 0 Å². The molecule has 3 aliphatic carbocycles. The number of phenols is 8. The number of hydrogen-bond acceptors (Lipinski definition) is 8. The van der Waals surface area contributed by atoms with Gasteiger partial charge in [0.05, 0.1) is 0 Å². The van der Waals surface area contributed by atoms with Gasteiger partial charge < -0.3 is 40.9 Å². The van der Waals surface area contributed by atoms with Crippen LogP contribution < -0.4 is 0 Å². The minimum atomic E-state index is -0.579. The third-order valence-corrected chi connectivity index (χ3v) is 12.5. The van der Waals surface area contributed by atoms with Crippen molar-refractivity contribution in [2.45, 2.75) is 126 Å². The topological polar surface area (TPSA) is 162 Å². The van der Waals surface area contributed by atoms with Crippen LogP contribution in [0.5, 0.6) is 46.0 Å². The van der Waals surface area contributed by atoms with Gasteiger partial charge >= 0.3 is 0 Å². The molecule has 3 fully saturated rings. The Hall–Kier alpha value is -4.72. The third-order valence-electron chi connectivity index (χ3n) is 12.5. The third kappa shape index (κ3) is 6.68. The fourth-order valence-corrected chi connectivity index (χ4v) is 9.53. The van der Waals surface area contributed by atoms with E-state index >= 15 is 0 Å². The molecule has 0 radical (unpaired) electrons. The molecule has 0 amide bonds. The zero-order valence-corrected chi connectivity index (χ0v) is 29.9. The van der Waals surface area contributed by atoms with E-state index in [2.05, 4.69) is 24.3 Å². The lowest BCUT2D eigenvalue weighted by Crippen LogP contribution is -2.31. The minimum Gasteiger partial charge on any atom is -0.507 e. The molecule has 276 valence electrons. The maximum absolute atomic E-state index is 11.9. The summed E-state index contributed by atoms with van der Waals surface area (Å²) < 4.78 is 0. The number of aromatic hydroxyl groups is 8. The number of benzene rings is 4. The van der Waals surface area contributed by atoms with Crippen LogP contribution in [0.4, 0.5) is 0 Å². The molecule has 0 saturated heterocycles. The molecule has 52 heavy (non-hydrogen) atoms. The molecule has 0 bridgehead atoms. The van der Waals surface area contributed by atoms with Gasteiger partial charge in [-0.1, -0.05) is 94.2 Å². The average molecular weight is 709 g/mol. The highest BCUT2D eigenvalue weighted by atomic mass is 16.3. The van der Waals surface area contributed by atoms with Crippen LogP contribution in [0.3, 0.4) is 0 Å². The number of hydrogen-bond donors (Lipinski definition) is 8. The predicted molar refractivity (Wildman–Crippen MR) is 200 cm³/mol. The molecule has 0 aliphatic heterocycles. The first-order valence-corrected chi connectivity index (χ1v) is 19.3. The Balaban J connectivity index is 1.42. The summed E-state index contributed by atoms with van der Waals surface area (Å²) in [5.74, 6) is -1.97.